The Balaban J connectivity index is 2.46. The van der Waals surface area contributed by atoms with Crippen molar-refractivity contribution < 1.29 is 0 Å². The fourth-order valence-corrected chi connectivity index (χ4v) is 2.42. The van der Waals surface area contributed by atoms with E-state index in [-0.39, 0.29) is 0 Å². The van der Waals surface area contributed by atoms with Crippen molar-refractivity contribution in [2.75, 3.05) is 26.7 Å². The van der Waals surface area contributed by atoms with Gasteiger partial charge in [0.2, 0.25) is 0 Å². The minimum atomic E-state index is 0.782. The van der Waals surface area contributed by atoms with Crippen LogP contribution in [-0.2, 0) is 0 Å². The van der Waals surface area contributed by atoms with Gasteiger partial charge in [0, 0.05) is 0 Å². The second kappa shape index (κ2) is 5.61. The molecule has 1 saturated heterocycles. The highest BCUT2D eigenvalue weighted by Crippen LogP contribution is 2.26. The number of rotatable bonds is 3. The molecule has 2 N–H and O–H groups in total. The van der Waals surface area contributed by atoms with E-state index >= 15 is 0 Å². The molecule has 0 saturated carbocycles. The minimum Gasteiger partial charge on any atom is -0.330 e. The second-order valence-electron chi connectivity index (χ2n) is 4.43. The molecule has 0 aromatic heterocycles. The van der Waals surface area contributed by atoms with Gasteiger partial charge < -0.3 is 10.6 Å². The quantitative estimate of drug-likeness (QED) is 0.723. The summed E-state index contributed by atoms with van der Waals surface area (Å²) in [4.78, 5) is 2.44. The molecule has 0 aromatic rings. The summed E-state index contributed by atoms with van der Waals surface area (Å²) >= 11 is 0. The number of hydrogen-bond donors (Lipinski definition) is 1. The minimum absolute atomic E-state index is 0.782. The first-order valence-electron chi connectivity index (χ1n) is 5.66. The molecular formula is C11H24N2. The van der Waals surface area contributed by atoms with Crippen molar-refractivity contribution in [3.8, 4) is 0 Å². The fourth-order valence-electron chi connectivity index (χ4n) is 2.42. The van der Waals surface area contributed by atoms with Gasteiger partial charge in [-0.25, -0.2) is 0 Å². The average Bonchev–Trinajstić information content (AvgIpc) is 2.30. The summed E-state index contributed by atoms with van der Waals surface area (Å²) in [5, 5.41) is 0. The summed E-state index contributed by atoms with van der Waals surface area (Å²) in [6.45, 7) is 5.67. The van der Waals surface area contributed by atoms with E-state index in [0.29, 0.717) is 0 Å². The van der Waals surface area contributed by atoms with Crippen LogP contribution >= 0.6 is 0 Å². The average molecular weight is 184 g/mol. The predicted molar refractivity (Wildman–Crippen MR) is 57.7 cm³/mol. The van der Waals surface area contributed by atoms with Crippen LogP contribution in [0.5, 0.6) is 0 Å². The van der Waals surface area contributed by atoms with Gasteiger partial charge in [0.25, 0.3) is 0 Å². The van der Waals surface area contributed by atoms with Crippen molar-refractivity contribution in [3.63, 3.8) is 0 Å². The van der Waals surface area contributed by atoms with E-state index in [9.17, 15) is 0 Å². The van der Waals surface area contributed by atoms with Crippen LogP contribution in [0.2, 0.25) is 0 Å². The van der Waals surface area contributed by atoms with Gasteiger partial charge in [0.1, 0.15) is 0 Å². The van der Waals surface area contributed by atoms with Crippen molar-refractivity contribution in [2.45, 2.75) is 32.6 Å². The van der Waals surface area contributed by atoms with Crippen molar-refractivity contribution in [2.24, 2.45) is 17.6 Å². The summed E-state index contributed by atoms with van der Waals surface area (Å²) in [5.41, 5.74) is 5.82. The third-order valence-corrected chi connectivity index (χ3v) is 3.39. The van der Waals surface area contributed by atoms with Gasteiger partial charge in [-0.15, -0.1) is 0 Å². The summed E-state index contributed by atoms with van der Waals surface area (Å²) in [5.74, 6) is 1.67. The molecule has 1 fully saturated rings. The molecule has 78 valence electrons. The predicted octanol–water partition coefficient (Wildman–Crippen LogP) is 1.70. The van der Waals surface area contributed by atoms with Crippen LogP contribution in [0.15, 0.2) is 0 Å². The third kappa shape index (κ3) is 3.28. The molecule has 0 aromatic carbocycles. The zero-order chi connectivity index (χ0) is 9.68. The third-order valence-electron chi connectivity index (χ3n) is 3.39. The van der Waals surface area contributed by atoms with Crippen molar-refractivity contribution in [1.82, 2.24) is 4.90 Å². The van der Waals surface area contributed by atoms with E-state index in [4.69, 9.17) is 5.73 Å². The van der Waals surface area contributed by atoms with Gasteiger partial charge in [0.15, 0.2) is 0 Å². The highest BCUT2D eigenvalue weighted by Gasteiger charge is 2.23. The first kappa shape index (κ1) is 11.0. The van der Waals surface area contributed by atoms with Crippen molar-refractivity contribution in [1.29, 1.82) is 0 Å². The van der Waals surface area contributed by atoms with Crippen LogP contribution in [0.25, 0.3) is 0 Å². The molecule has 0 radical (unpaired) electrons. The molecule has 13 heavy (non-hydrogen) atoms. The molecule has 0 spiro atoms. The van der Waals surface area contributed by atoms with Crippen LogP contribution in [-0.4, -0.2) is 31.6 Å². The van der Waals surface area contributed by atoms with Gasteiger partial charge in [-0.05, 0) is 51.4 Å². The lowest BCUT2D eigenvalue weighted by molar-refractivity contribution is 0.307. The second-order valence-corrected chi connectivity index (χ2v) is 4.43. The smallest absolute Gasteiger partial charge is 0.00186 e. The number of nitrogens with zero attached hydrogens (tertiary/aromatic N) is 1. The first-order chi connectivity index (χ1) is 6.27. The van der Waals surface area contributed by atoms with E-state index in [0.717, 1.165) is 18.4 Å². The number of hydrogen-bond acceptors (Lipinski definition) is 2. The Bertz CT molecular complexity index is 136. The standard InChI is InChI=1S/C11H24N2/c1-3-4-10-5-7-13(2)8-6-11(10)9-12/h10-11H,3-9,12H2,1-2H3. The van der Waals surface area contributed by atoms with Crippen LogP contribution in [0.4, 0.5) is 0 Å². The fraction of sp³-hybridized carbons (Fsp3) is 1.00. The monoisotopic (exact) mass is 184 g/mol. The maximum Gasteiger partial charge on any atom is -0.00186 e. The summed E-state index contributed by atoms with van der Waals surface area (Å²) < 4.78 is 0. The molecule has 2 heteroatoms. The Kier molecular flexibility index (Phi) is 4.74. The molecule has 1 heterocycles. The molecule has 2 unspecified atom stereocenters. The molecule has 1 aliphatic heterocycles. The summed E-state index contributed by atoms with van der Waals surface area (Å²) in [6, 6.07) is 0. The summed E-state index contributed by atoms with van der Waals surface area (Å²) in [6.07, 6.45) is 5.34. The Labute approximate surface area is 82.5 Å². The highest BCUT2D eigenvalue weighted by molar-refractivity contribution is 4.76. The SMILES string of the molecule is CCCC1CCN(C)CCC1CN. The zero-order valence-corrected chi connectivity index (χ0v) is 9.13. The van der Waals surface area contributed by atoms with Gasteiger partial charge in [-0.3, -0.25) is 0 Å². The Hall–Kier alpha value is -0.0800. The van der Waals surface area contributed by atoms with Crippen molar-refractivity contribution in [3.05, 3.63) is 0 Å². The van der Waals surface area contributed by atoms with Gasteiger partial charge in [-0.2, -0.15) is 0 Å². The molecule has 2 atom stereocenters. The lowest BCUT2D eigenvalue weighted by atomic mass is 9.85. The van der Waals surface area contributed by atoms with E-state index in [1.807, 2.05) is 0 Å². The van der Waals surface area contributed by atoms with Crippen LogP contribution < -0.4 is 5.73 Å². The lowest BCUT2D eigenvalue weighted by Crippen LogP contribution is -2.23. The first-order valence-corrected chi connectivity index (χ1v) is 5.66. The van der Waals surface area contributed by atoms with Crippen LogP contribution in [0, 0.1) is 11.8 Å². The topological polar surface area (TPSA) is 29.3 Å². The number of likely N-dealkylation sites (tertiary alicyclic amines) is 1. The highest BCUT2D eigenvalue weighted by atomic mass is 15.1. The summed E-state index contributed by atoms with van der Waals surface area (Å²) in [7, 11) is 2.22. The molecule has 1 aliphatic rings. The van der Waals surface area contributed by atoms with Crippen molar-refractivity contribution >= 4 is 0 Å². The molecule has 0 amide bonds. The molecule has 0 aliphatic carbocycles. The largest absolute Gasteiger partial charge is 0.330 e. The van der Waals surface area contributed by atoms with Gasteiger partial charge in [-0.1, -0.05) is 19.8 Å². The lowest BCUT2D eigenvalue weighted by Gasteiger charge is -2.22. The van der Waals surface area contributed by atoms with E-state index in [1.54, 1.807) is 0 Å². The van der Waals surface area contributed by atoms with Crippen LogP contribution in [0.3, 0.4) is 0 Å². The van der Waals surface area contributed by atoms with Gasteiger partial charge >= 0.3 is 0 Å². The normalized spacial score (nSPS) is 31.6. The zero-order valence-electron chi connectivity index (χ0n) is 9.13. The van der Waals surface area contributed by atoms with Gasteiger partial charge in [0.05, 0.1) is 0 Å². The van der Waals surface area contributed by atoms with E-state index in [2.05, 4.69) is 18.9 Å². The molecule has 0 bridgehead atoms. The maximum atomic E-state index is 5.82. The molecular weight excluding hydrogens is 160 g/mol. The van der Waals surface area contributed by atoms with E-state index < -0.39 is 0 Å². The molecule has 2 nitrogen and oxygen atoms in total. The Morgan fingerprint density at radius 3 is 2.38 bits per heavy atom. The Morgan fingerprint density at radius 2 is 1.85 bits per heavy atom. The molecule has 1 rings (SSSR count). The van der Waals surface area contributed by atoms with E-state index in [1.165, 1.54) is 38.8 Å². The number of nitrogens with two attached hydrogens (primary N) is 1. The Morgan fingerprint density at radius 1 is 1.23 bits per heavy atom. The van der Waals surface area contributed by atoms with Crippen LogP contribution in [0.1, 0.15) is 32.6 Å². The maximum absolute atomic E-state index is 5.82.